The molecule has 0 bridgehead atoms. The molecule has 0 aliphatic carbocycles. The fraction of sp³-hybridized carbons (Fsp3) is 1.00. The Balaban J connectivity index is 2.68. The first-order valence-electron chi connectivity index (χ1n) is 6.16. The molecule has 96 valence electrons. The molecule has 0 radical (unpaired) electrons. The highest BCUT2D eigenvalue weighted by molar-refractivity contribution is 7.90. The van der Waals surface area contributed by atoms with Gasteiger partial charge in [-0.25, -0.2) is 12.7 Å². The second kappa shape index (κ2) is 4.65. The third kappa shape index (κ3) is 2.77. The lowest BCUT2D eigenvalue weighted by molar-refractivity contribution is 0.223. The third-order valence-corrected chi connectivity index (χ3v) is 6.15. The molecule has 1 fully saturated rings. The molecule has 0 aromatic carbocycles. The van der Waals surface area contributed by atoms with Crippen molar-refractivity contribution in [2.45, 2.75) is 52.2 Å². The molecule has 4 heteroatoms. The zero-order valence-electron chi connectivity index (χ0n) is 11.2. The maximum Gasteiger partial charge on any atom is 0.219 e. The first kappa shape index (κ1) is 14.0. The summed E-state index contributed by atoms with van der Waals surface area (Å²) >= 11 is 0. The normalized spacial score (nSPS) is 21.6. The Bertz CT molecular complexity index is 319. The topological polar surface area (TPSA) is 37.4 Å². The average Bonchev–Trinajstić information content (AvgIpc) is 2.16. The Hall–Kier alpha value is -0.0900. The Kier molecular flexibility index (Phi) is 4.06. The van der Waals surface area contributed by atoms with Crippen molar-refractivity contribution in [3.8, 4) is 0 Å². The third-order valence-electron chi connectivity index (χ3n) is 3.56. The molecule has 0 N–H and O–H groups in total. The number of rotatable bonds is 2. The second-order valence-electron chi connectivity index (χ2n) is 6.10. The van der Waals surface area contributed by atoms with Crippen molar-refractivity contribution in [1.29, 1.82) is 0 Å². The lowest BCUT2D eigenvalue weighted by atomic mass is 9.87. The molecule has 1 heterocycles. The van der Waals surface area contributed by atoms with Gasteiger partial charge in [0.15, 0.2) is 0 Å². The van der Waals surface area contributed by atoms with E-state index in [2.05, 4.69) is 13.8 Å². The highest BCUT2D eigenvalue weighted by Crippen LogP contribution is 2.29. The molecule has 0 amide bonds. The molecule has 1 saturated heterocycles. The van der Waals surface area contributed by atoms with Gasteiger partial charge in [-0.1, -0.05) is 13.8 Å². The quantitative estimate of drug-likeness (QED) is 0.752. The molecule has 1 rings (SSSR count). The van der Waals surface area contributed by atoms with Crippen LogP contribution < -0.4 is 0 Å². The van der Waals surface area contributed by atoms with Gasteiger partial charge in [0.25, 0.3) is 0 Å². The van der Waals surface area contributed by atoms with Crippen LogP contribution in [0.25, 0.3) is 0 Å². The van der Waals surface area contributed by atoms with Gasteiger partial charge in [-0.05, 0) is 45.4 Å². The minimum atomic E-state index is -3.12. The van der Waals surface area contributed by atoms with Crippen LogP contribution in [0.1, 0.15) is 47.5 Å². The van der Waals surface area contributed by atoms with Gasteiger partial charge in [-0.3, -0.25) is 0 Å². The van der Waals surface area contributed by atoms with Crippen molar-refractivity contribution in [2.75, 3.05) is 13.1 Å². The minimum absolute atomic E-state index is 0.666. The zero-order valence-corrected chi connectivity index (χ0v) is 12.0. The Morgan fingerprint density at radius 1 is 1.12 bits per heavy atom. The fourth-order valence-electron chi connectivity index (χ4n) is 2.17. The first-order valence-corrected chi connectivity index (χ1v) is 7.60. The van der Waals surface area contributed by atoms with Gasteiger partial charge < -0.3 is 0 Å². The number of sulfonamides is 1. The predicted molar refractivity (Wildman–Crippen MR) is 67.8 cm³/mol. The van der Waals surface area contributed by atoms with Crippen LogP contribution in [0.3, 0.4) is 0 Å². The van der Waals surface area contributed by atoms with E-state index in [0.717, 1.165) is 12.8 Å². The summed E-state index contributed by atoms with van der Waals surface area (Å²) in [6.07, 6.45) is 2.01. The zero-order chi connectivity index (χ0) is 12.6. The summed E-state index contributed by atoms with van der Waals surface area (Å²) < 4.78 is 25.4. The molecule has 0 atom stereocenters. The van der Waals surface area contributed by atoms with Crippen LogP contribution in [0, 0.1) is 11.8 Å². The van der Waals surface area contributed by atoms with Gasteiger partial charge >= 0.3 is 0 Å². The number of piperidine rings is 1. The molecule has 0 spiro atoms. The Labute approximate surface area is 100 Å². The van der Waals surface area contributed by atoms with Gasteiger partial charge in [-0.15, -0.1) is 0 Å². The van der Waals surface area contributed by atoms with E-state index >= 15 is 0 Å². The van der Waals surface area contributed by atoms with Crippen LogP contribution in [-0.2, 0) is 10.0 Å². The van der Waals surface area contributed by atoms with Crippen molar-refractivity contribution in [2.24, 2.45) is 11.8 Å². The monoisotopic (exact) mass is 247 g/mol. The molecule has 0 saturated carbocycles. The van der Waals surface area contributed by atoms with E-state index in [0.29, 0.717) is 24.9 Å². The SMILES string of the molecule is CC(C)C1CCN(S(=O)(=O)C(C)(C)C)CC1. The number of nitrogens with zero attached hydrogens (tertiary/aromatic N) is 1. The van der Waals surface area contributed by atoms with Crippen molar-refractivity contribution < 1.29 is 8.42 Å². The molecule has 0 aromatic heterocycles. The highest BCUT2D eigenvalue weighted by atomic mass is 32.2. The summed E-state index contributed by atoms with van der Waals surface area (Å²) in [6.45, 7) is 11.2. The van der Waals surface area contributed by atoms with E-state index in [4.69, 9.17) is 0 Å². The highest BCUT2D eigenvalue weighted by Gasteiger charge is 2.37. The molecule has 16 heavy (non-hydrogen) atoms. The van der Waals surface area contributed by atoms with E-state index in [-0.39, 0.29) is 0 Å². The summed E-state index contributed by atoms with van der Waals surface area (Å²) in [5, 5.41) is 0. The van der Waals surface area contributed by atoms with Gasteiger partial charge in [0.05, 0.1) is 4.75 Å². The number of hydrogen-bond donors (Lipinski definition) is 0. The van der Waals surface area contributed by atoms with Gasteiger partial charge in [-0.2, -0.15) is 0 Å². The van der Waals surface area contributed by atoms with Gasteiger partial charge in [0, 0.05) is 13.1 Å². The van der Waals surface area contributed by atoms with Crippen molar-refractivity contribution in [3.63, 3.8) is 0 Å². The lowest BCUT2D eigenvalue weighted by Crippen LogP contribution is -2.47. The standard InChI is InChI=1S/C12H25NO2S/c1-10(2)11-6-8-13(9-7-11)16(14,15)12(3,4)5/h10-11H,6-9H2,1-5H3. The minimum Gasteiger partial charge on any atom is -0.212 e. The number of hydrogen-bond acceptors (Lipinski definition) is 2. The molecule has 1 aliphatic heterocycles. The van der Waals surface area contributed by atoms with Crippen LogP contribution >= 0.6 is 0 Å². The van der Waals surface area contributed by atoms with Crippen molar-refractivity contribution in [1.82, 2.24) is 4.31 Å². The smallest absolute Gasteiger partial charge is 0.212 e. The van der Waals surface area contributed by atoms with Crippen LogP contribution in [-0.4, -0.2) is 30.6 Å². The summed E-state index contributed by atoms with van der Waals surface area (Å²) in [7, 11) is -3.12. The summed E-state index contributed by atoms with van der Waals surface area (Å²) in [4.78, 5) is 0. The molecule has 0 unspecified atom stereocenters. The van der Waals surface area contributed by atoms with E-state index in [1.807, 2.05) is 0 Å². The Morgan fingerprint density at radius 3 is 1.88 bits per heavy atom. The molecular weight excluding hydrogens is 222 g/mol. The maximum atomic E-state index is 12.2. The van der Waals surface area contributed by atoms with E-state index in [1.165, 1.54) is 0 Å². The van der Waals surface area contributed by atoms with Crippen LogP contribution in [0.4, 0.5) is 0 Å². The average molecular weight is 247 g/mol. The van der Waals surface area contributed by atoms with E-state index in [1.54, 1.807) is 25.1 Å². The van der Waals surface area contributed by atoms with E-state index < -0.39 is 14.8 Å². The van der Waals surface area contributed by atoms with Crippen LogP contribution in [0.15, 0.2) is 0 Å². The maximum absolute atomic E-state index is 12.2. The van der Waals surface area contributed by atoms with Crippen LogP contribution in [0.2, 0.25) is 0 Å². The largest absolute Gasteiger partial charge is 0.219 e. The lowest BCUT2D eigenvalue weighted by Gasteiger charge is -2.36. The molecule has 0 aromatic rings. The summed E-state index contributed by atoms with van der Waals surface area (Å²) in [5.41, 5.74) is 0. The predicted octanol–water partition coefficient (Wildman–Crippen LogP) is 2.48. The fourth-order valence-corrected chi connectivity index (χ4v) is 3.64. The Morgan fingerprint density at radius 2 is 1.56 bits per heavy atom. The molecular formula is C12H25NO2S. The first-order chi connectivity index (χ1) is 7.16. The van der Waals surface area contributed by atoms with Crippen LogP contribution in [0.5, 0.6) is 0 Å². The second-order valence-corrected chi connectivity index (χ2v) is 8.79. The van der Waals surface area contributed by atoms with Crippen molar-refractivity contribution >= 4 is 10.0 Å². The molecule has 1 aliphatic rings. The summed E-state index contributed by atoms with van der Waals surface area (Å²) in [5.74, 6) is 1.35. The van der Waals surface area contributed by atoms with E-state index in [9.17, 15) is 8.42 Å². The summed E-state index contributed by atoms with van der Waals surface area (Å²) in [6, 6.07) is 0. The molecule has 3 nitrogen and oxygen atoms in total. The van der Waals surface area contributed by atoms with Gasteiger partial charge in [0.1, 0.15) is 0 Å². The van der Waals surface area contributed by atoms with Crippen molar-refractivity contribution in [3.05, 3.63) is 0 Å². The van der Waals surface area contributed by atoms with Gasteiger partial charge in [0.2, 0.25) is 10.0 Å².